The number of nitrogens with one attached hydrogen (secondary N) is 1. The molecule has 164 valence electrons. The fourth-order valence-electron chi connectivity index (χ4n) is 2.98. The van der Waals surface area contributed by atoms with Gasteiger partial charge in [-0.25, -0.2) is 0 Å². The maximum atomic E-state index is 12.5. The van der Waals surface area contributed by atoms with Crippen LogP contribution in [0.15, 0.2) is 53.7 Å². The minimum atomic E-state index is -0.178. The van der Waals surface area contributed by atoms with Crippen molar-refractivity contribution in [2.45, 2.75) is 25.0 Å². The number of hydrogen-bond acceptors (Lipinski definition) is 7. The van der Waals surface area contributed by atoms with Crippen molar-refractivity contribution < 1.29 is 19.0 Å². The fourth-order valence-corrected chi connectivity index (χ4v) is 3.82. The van der Waals surface area contributed by atoms with Crippen LogP contribution in [0.2, 0.25) is 0 Å². The van der Waals surface area contributed by atoms with Gasteiger partial charge < -0.3 is 24.1 Å². The summed E-state index contributed by atoms with van der Waals surface area (Å²) in [4.78, 5) is 12.5. The molecule has 1 heterocycles. The van der Waals surface area contributed by atoms with Gasteiger partial charge in [-0.2, -0.15) is 0 Å². The molecule has 0 bridgehead atoms. The maximum absolute atomic E-state index is 12.5. The molecule has 0 saturated carbocycles. The number of thioether (sulfide) groups is 1. The number of carbonyl (C=O) groups is 1. The lowest BCUT2D eigenvalue weighted by Gasteiger charge is -2.11. The molecule has 31 heavy (non-hydrogen) atoms. The molecule has 1 amide bonds. The Morgan fingerprint density at radius 3 is 2.39 bits per heavy atom. The highest BCUT2D eigenvalue weighted by Gasteiger charge is 2.16. The molecule has 9 heteroatoms. The first kappa shape index (κ1) is 22.5. The van der Waals surface area contributed by atoms with E-state index in [4.69, 9.17) is 14.2 Å². The van der Waals surface area contributed by atoms with E-state index < -0.39 is 0 Å². The quantitative estimate of drug-likeness (QED) is 0.358. The molecule has 8 nitrogen and oxygen atoms in total. The van der Waals surface area contributed by atoms with Crippen LogP contribution in [0.25, 0.3) is 0 Å². The van der Waals surface area contributed by atoms with Crippen molar-refractivity contribution in [3.8, 4) is 17.2 Å². The zero-order valence-corrected chi connectivity index (χ0v) is 18.6. The molecule has 3 aromatic rings. The number of rotatable bonds is 11. The Hall–Kier alpha value is -3.20. The highest BCUT2D eigenvalue weighted by Crippen LogP contribution is 2.26. The first-order chi connectivity index (χ1) is 15.2. The SMILES string of the molecule is CCn1c(CC(=O)Nc2ccccc2OC)nnc1SCCOc1ccccc1OC. The minimum Gasteiger partial charge on any atom is -0.495 e. The average molecular weight is 443 g/mol. The van der Waals surface area contributed by atoms with Gasteiger partial charge in [0.1, 0.15) is 11.6 Å². The molecule has 0 saturated heterocycles. The first-order valence-corrected chi connectivity index (χ1v) is 10.9. The Kier molecular flexibility index (Phi) is 8.17. The molecule has 0 unspecified atom stereocenters. The Bertz CT molecular complexity index is 1010. The van der Waals surface area contributed by atoms with E-state index in [1.807, 2.05) is 47.9 Å². The molecule has 0 atom stereocenters. The van der Waals surface area contributed by atoms with E-state index in [0.717, 1.165) is 5.16 Å². The zero-order valence-electron chi connectivity index (χ0n) is 17.8. The van der Waals surface area contributed by atoms with Gasteiger partial charge in [-0.15, -0.1) is 10.2 Å². The number of para-hydroxylation sites is 4. The molecule has 3 rings (SSSR count). The number of carbonyl (C=O) groups excluding carboxylic acids is 1. The lowest BCUT2D eigenvalue weighted by Crippen LogP contribution is -2.18. The number of hydrogen-bond donors (Lipinski definition) is 1. The van der Waals surface area contributed by atoms with Crippen molar-refractivity contribution >= 4 is 23.4 Å². The monoisotopic (exact) mass is 442 g/mol. The van der Waals surface area contributed by atoms with Crippen molar-refractivity contribution in [1.29, 1.82) is 0 Å². The molecule has 0 aliphatic heterocycles. The van der Waals surface area contributed by atoms with Crippen LogP contribution in [0.5, 0.6) is 17.2 Å². The van der Waals surface area contributed by atoms with Crippen LogP contribution in [0.1, 0.15) is 12.7 Å². The summed E-state index contributed by atoms with van der Waals surface area (Å²) in [5.41, 5.74) is 0.626. The number of amides is 1. The molecule has 0 aliphatic carbocycles. The lowest BCUT2D eigenvalue weighted by molar-refractivity contribution is -0.115. The largest absolute Gasteiger partial charge is 0.495 e. The Labute approximate surface area is 185 Å². The van der Waals surface area contributed by atoms with Crippen LogP contribution in [-0.4, -0.2) is 47.3 Å². The highest BCUT2D eigenvalue weighted by molar-refractivity contribution is 7.99. The van der Waals surface area contributed by atoms with Crippen molar-refractivity contribution in [3.63, 3.8) is 0 Å². The highest BCUT2D eigenvalue weighted by atomic mass is 32.2. The van der Waals surface area contributed by atoms with E-state index in [0.29, 0.717) is 47.7 Å². The lowest BCUT2D eigenvalue weighted by atomic mass is 10.2. The summed E-state index contributed by atoms with van der Waals surface area (Å²) in [6.45, 7) is 3.16. The van der Waals surface area contributed by atoms with Crippen LogP contribution in [-0.2, 0) is 17.8 Å². The summed E-state index contributed by atoms with van der Waals surface area (Å²) in [7, 11) is 3.19. The molecule has 0 fully saturated rings. The number of aromatic nitrogens is 3. The predicted octanol–water partition coefficient (Wildman–Crippen LogP) is 3.67. The summed E-state index contributed by atoms with van der Waals surface area (Å²) < 4.78 is 18.3. The van der Waals surface area contributed by atoms with Gasteiger partial charge in [0, 0.05) is 12.3 Å². The Balaban J connectivity index is 1.55. The van der Waals surface area contributed by atoms with E-state index >= 15 is 0 Å². The van der Waals surface area contributed by atoms with Crippen molar-refractivity contribution in [2.24, 2.45) is 0 Å². The zero-order chi connectivity index (χ0) is 22.1. The van der Waals surface area contributed by atoms with Crippen LogP contribution in [0.4, 0.5) is 5.69 Å². The summed E-state index contributed by atoms with van der Waals surface area (Å²) in [5, 5.41) is 12.1. The second-order valence-corrected chi connectivity index (χ2v) is 7.48. The molecular formula is C22H26N4O4S. The second kappa shape index (κ2) is 11.3. The van der Waals surface area contributed by atoms with Gasteiger partial charge in [-0.05, 0) is 31.2 Å². The number of ether oxygens (including phenoxy) is 3. The van der Waals surface area contributed by atoms with Gasteiger partial charge in [0.25, 0.3) is 0 Å². The van der Waals surface area contributed by atoms with Crippen LogP contribution < -0.4 is 19.5 Å². The Morgan fingerprint density at radius 2 is 1.68 bits per heavy atom. The van der Waals surface area contributed by atoms with Gasteiger partial charge in [0.05, 0.1) is 32.9 Å². The van der Waals surface area contributed by atoms with Gasteiger partial charge >= 0.3 is 0 Å². The molecule has 2 aromatic carbocycles. The van der Waals surface area contributed by atoms with E-state index in [-0.39, 0.29) is 12.3 Å². The summed E-state index contributed by atoms with van der Waals surface area (Å²) >= 11 is 1.53. The van der Waals surface area contributed by atoms with Gasteiger partial charge in [-0.3, -0.25) is 4.79 Å². The third kappa shape index (κ3) is 5.91. The third-order valence-electron chi connectivity index (χ3n) is 4.45. The number of anilines is 1. The summed E-state index contributed by atoms with van der Waals surface area (Å²) in [6, 6.07) is 14.8. The Morgan fingerprint density at radius 1 is 1.00 bits per heavy atom. The average Bonchev–Trinajstić information content (AvgIpc) is 3.18. The van der Waals surface area contributed by atoms with Crippen molar-refractivity contribution in [1.82, 2.24) is 14.8 Å². The molecule has 0 aliphatic rings. The van der Waals surface area contributed by atoms with Crippen molar-refractivity contribution in [3.05, 3.63) is 54.4 Å². The fraction of sp³-hybridized carbons (Fsp3) is 0.318. The normalized spacial score (nSPS) is 10.5. The molecule has 1 N–H and O–H groups in total. The second-order valence-electron chi connectivity index (χ2n) is 6.42. The van der Waals surface area contributed by atoms with Crippen LogP contribution in [0, 0.1) is 0 Å². The topological polar surface area (TPSA) is 87.5 Å². The molecule has 1 aromatic heterocycles. The number of methoxy groups -OCH3 is 2. The number of benzene rings is 2. The van der Waals surface area contributed by atoms with E-state index in [1.54, 1.807) is 26.4 Å². The van der Waals surface area contributed by atoms with Crippen molar-refractivity contribution in [2.75, 3.05) is 31.9 Å². The van der Waals surface area contributed by atoms with Gasteiger partial charge in [0.15, 0.2) is 16.7 Å². The van der Waals surface area contributed by atoms with Gasteiger partial charge in [0.2, 0.25) is 5.91 Å². The smallest absolute Gasteiger partial charge is 0.232 e. The molecule has 0 radical (unpaired) electrons. The van der Waals surface area contributed by atoms with E-state index in [2.05, 4.69) is 15.5 Å². The van der Waals surface area contributed by atoms with E-state index in [9.17, 15) is 4.79 Å². The number of nitrogens with zero attached hydrogens (tertiary/aromatic N) is 3. The predicted molar refractivity (Wildman–Crippen MR) is 120 cm³/mol. The van der Waals surface area contributed by atoms with E-state index in [1.165, 1.54) is 11.8 Å². The molecular weight excluding hydrogens is 416 g/mol. The third-order valence-corrected chi connectivity index (χ3v) is 5.38. The molecule has 0 spiro atoms. The van der Waals surface area contributed by atoms with Crippen LogP contribution in [0.3, 0.4) is 0 Å². The summed E-state index contributed by atoms with van der Waals surface area (Å²) in [6.07, 6.45) is 0.122. The van der Waals surface area contributed by atoms with Crippen LogP contribution >= 0.6 is 11.8 Å². The summed E-state index contributed by atoms with van der Waals surface area (Å²) in [5.74, 6) is 3.14. The minimum absolute atomic E-state index is 0.122. The first-order valence-electron chi connectivity index (χ1n) is 9.89. The maximum Gasteiger partial charge on any atom is 0.232 e. The standard InChI is InChI=1S/C22H26N4O4S/c1-4-26-20(15-21(27)23-16-9-5-6-10-17(16)28-2)24-25-22(26)31-14-13-30-19-12-8-7-11-18(19)29-3/h5-12H,4,13-15H2,1-3H3,(H,23,27). The van der Waals surface area contributed by atoms with Gasteiger partial charge in [-0.1, -0.05) is 36.0 Å².